The number of aliphatic hydroxyl groups excluding tert-OH is 1. The van der Waals surface area contributed by atoms with E-state index in [1.165, 1.54) is 25.7 Å². The van der Waals surface area contributed by atoms with Crippen molar-refractivity contribution < 1.29 is 5.11 Å². The molecule has 1 aliphatic carbocycles. The molecule has 1 nitrogen and oxygen atoms in total. The predicted octanol–water partition coefficient (Wildman–Crippen LogP) is 3.95. The number of hydrogen-bond acceptors (Lipinski definition) is 1. The molecule has 1 atom stereocenters. The Morgan fingerprint density at radius 3 is 2.40 bits per heavy atom. The molecule has 1 aliphatic rings. The molecule has 2 heteroatoms. The van der Waals surface area contributed by atoms with Crippen molar-refractivity contribution in [2.45, 2.75) is 38.2 Å². The largest absolute Gasteiger partial charge is 0.388 e. The molecule has 1 unspecified atom stereocenters. The van der Waals surface area contributed by atoms with Crippen LogP contribution in [0.5, 0.6) is 0 Å². The van der Waals surface area contributed by atoms with E-state index in [9.17, 15) is 5.11 Å². The zero-order chi connectivity index (χ0) is 10.7. The summed E-state index contributed by atoms with van der Waals surface area (Å²) in [6.07, 6.45) is 5.82. The maximum atomic E-state index is 10.0. The van der Waals surface area contributed by atoms with Gasteiger partial charge in [0.15, 0.2) is 0 Å². The summed E-state index contributed by atoms with van der Waals surface area (Å²) in [4.78, 5) is 0. The van der Waals surface area contributed by atoms with Crippen LogP contribution < -0.4 is 0 Å². The van der Waals surface area contributed by atoms with Crippen molar-refractivity contribution >= 4 is 11.6 Å². The molecular formula is C13H17ClO. The van der Waals surface area contributed by atoms with E-state index in [1.807, 2.05) is 24.3 Å². The van der Waals surface area contributed by atoms with Crippen LogP contribution >= 0.6 is 11.6 Å². The molecule has 1 aromatic rings. The van der Waals surface area contributed by atoms with E-state index < -0.39 is 0 Å². The first kappa shape index (κ1) is 11.0. The van der Waals surface area contributed by atoms with E-state index >= 15 is 0 Å². The lowest BCUT2D eigenvalue weighted by atomic mass is 9.96. The second-order valence-corrected chi connectivity index (χ2v) is 4.89. The molecule has 1 N–H and O–H groups in total. The Kier molecular flexibility index (Phi) is 3.66. The Balaban J connectivity index is 1.94. The van der Waals surface area contributed by atoms with Gasteiger partial charge < -0.3 is 5.11 Å². The van der Waals surface area contributed by atoms with E-state index in [1.54, 1.807) is 0 Å². The molecular weight excluding hydrogens is 208 g/mol. The van der Waals surface area contributed by atoms with E-state index in [-0.39, 0.29) is 6.10 Å². The number of hydrogen-bond donors (Lipinski definition) is 1. The minimum atomic E-state index is -0.314. The standard InChI is InChI=1S/C13H17ClO/c14-12-7-5-11(6-8-12)13(15)9-10-3-1-2-4-10/h5-8,10,13,15H,1-4,9H2. The van der Waals surface area contributed by atoms with Crippen molar-refractivity contribution in [3.8, 4) is 0 Å². The fourth-order valence-corrected chi connectivity index (χ4v) is 2.51. The monoisotopic (exact) mass is 224 g/mol. The van der Waals surface area contributed by atoms with Gasteiger partial charge in [0.05, 0.1) is 6.10 Å². The summed E-state index contributed by atoms with van der Waals surface area (Å²) in [6.45, 7) is 0. The van der Waals surface area contributed by atoms with Crippen molar-refractivity contribution in [2.24, 2.45) is 5.92 Å². The van der Waals surface area contributed by atoms with Gasteiger partial charge in [-0.05, 0) is 30.0 Å². The molecule has 0 spiro atoms. The zero-order valence-electron chi connectivity index (χ0n) is 8.82. The molecule has 0 amide bonds. The van der Waals surface area contributed by atoms with Gasteiger partial charge in [0.1, 0.15) is 0 Å². The second-order valence-electron chi connectivity index (χ2n) is 4.45. The average Bonchev–Trinajstić information content (AvgIpc) is 2.71. The lowest BCUT2D eigenvalue weighted by molar-refractivity contribution is 0.145. The highest BCUT2D eigenvalue weighted by Gasteiger charge is 2.19. The maximum Gasteiger partial charge on any atom is 0.0792 e. The first-order valence-electron chi connectivity index (χ1n) is 5.69. The highest BCUT2D eigenvalue weighted by Crippen LogP contribution is 2.33. The van der Waals surface area contributed by atoms with Crippen molar-refractivity contribution in [1.29, 1.82) is 0 Å². The summed E-state index contributed by atoms with van der Waals surface area (Å²) in [5, 5.41) is 10.8. The predicted molar refractivity (Wildman–Crippen MR) is 63.0 cm³/mol. The zero-order valence-corrected chi connectivity index (χ0v) is 9.58. The molecule has 0 bridgehead atoms. The summed E-state index contributed by atoms with van der Waals surface area (Å²) in [7, 11) is 0. The SMILES string of the molecule is OC(CC1CCCC1)c1ccc(Cl)cc1. The summed E-state index contributed by atoms with van der Waals surface area (Å²) in [5.41, 5.74) is 0.992. The first-order chi connectivity index (χ1) is 7.25. The van der Waals surface area contributed by atoms with Gasteiger partial charge in [0.25, 0.3) is 0 Å². The lowest BCUT2D eigenvalue weighted by Gasteiger charge is -2.15. The third kappa shape index (κ3) is 2.96. The van der Waals surface area contributed by atoms with Crippen molar-refractivity contribution in [3.05, 3.63) is 34.9 Å². The topological polar surface area (TPSA) is 20.2 Å². The Hall–Kier alpha value is -0.530. The van der Waals surface area contributed by atoms with E-state index in [4.69, 9.17) is 11.6 Å². The molecule has 0 aromatic heterocycles. The Morgan fingerprint density at radius 2 is 1.80 bits per heavy atom. The number of rotatable bonds is 3. The minimum absolute atomic E-state index is 0.314. The third-order valence-corrected chi connectivity index (χ3v) is 3.54. The Bertz CT molecular complexity index is 301. The van der Waals surface area contributed by atoms with Crippen LogP contribution in [0.3, 0.4) is 0 Å². The third-order valence-electron chi connectivity index (χ3n) is 3.29. The van der Waals surface area contributed by atoms with Crippen LogP contribution in [0.2, 0.25) is 5.02 Å². The lowest BCUT2D eigenvalue weighted by Crippen LogP contribution is -2.04. The van der Waals surface area contributed by atoms with Crippen molar-refractivity contribution in [3.63, 3.8) is 0 Å². The van der Waals surface area contributed by atoms with Crippen LogP contribution in [0.1, 0.15) is 43.8 Å². The molecule has 15 heavy (non-hydrogen) atoms. The molecule has 0 radical (unpaired) electrons. The molecule has 1 fully saturated rings. The van der Waals surface area contributed by atoms with Crippen LogP contribution in [0.15, 0.2) is 24.3 Å². The molecule has 1 aromatic carbocycles. The second kappa shape index (κ2) is 5.00. The molecule has 1 saturated carbocycles. The highest BCUT2D eigenvalue weighted by molar-refractivity contribution is 6.30. The fourth-order valence-electron chi connectivity index (χ4n) is 2.38. The van der Waals surface area contributed by atoms with E-state index in [0.29, 0.717) is 0 Å². The molecule has 0 saturated heterocycles. The summed E-state index contributed by atoms with van der Waals surface area (Å²) in [6, 6.07) is 7.52. The van der Waals surface area contributed by atoms with E-state index in [2.05, 4.69) is 0 Å². The van der Waals surface area contributed by atoms with Crippen LogP contribution in [0.25, 0.3) is 0 Å². The van der Waals surface area contributed by atoms with Gasteiger partial charge in [0, 0.05) is 5.02 Å². The van der Waals surface area contributed by atoms with Crippen molar-refractivity contribution in [2.75, 3.05) is 0 Å². The number of benzene rings is 1. The quantitative estimate of drug-likeness (QED) is 0.824. The van der Waals surface area contributed by atoms with Gasteiger partial charge in [-0.2, -0.15) is 0 Å². The van der Waals surface area contributed by atoms with Crippen LogP contribution in [-0.4, -0.2) is 5.11 Å². The highest BCUT2D eigenvalue weighted by atomic mass is 35.5. The van der Waals surface area contributed by atoms with Gasteiger partial charge in [-0.3, -0.25) is 0 Å². The summed E-state index contributed by atoms with van der Waals surface area (Å²) < 4.78 is 0. The maximum absolute atomic E-state index is 10.0. The van der Waals surface area contributed by atoms with Gasteiger partial charge in [-0.1, -0.05) is 49.4 Å². The fraction of sp³-hybridized carbons (Fsp3) is 0.538. The molecule has 0 aliphatic heterocycles. The first-order valence-corrected chi connectivity index (χ1v) is 6.07. The molecule has 82 valence electrons. The summed E-state index contributed by atoms with van der Waals surface area (Å²) in [5.74, 6) is 0.718. The smallest absolute Gasteiger partial charge is 0.0792 e. The van der Waals surface area contributed by atoms with Gasteiger partial charge in [-0.25, -0.2) is 0 Å². The average molecular weight is 225 g/mol. The van der Waals surface area contributed by atoms with Gasteiger partial charge in [0.2, 0.25) is 0 Å². The van der Waals surface area contributed by atoms with Crippen LogP contribution in [-0.2, 0) is 0 Å². The number of aliphatic hydroxyl groups is 1. The molecule has 0 heterocycles. The number of halogens is 1. The van der Waals surface area contributed by atoms with Crippen LogP contribution in [0.4, 0.5) is 0 Å². The van der Waals surface area contributed by atoms with Gasteiger partial charge in [-0.15, -0.1) is 0 Å². The minimum Gasteiger partial charge on any atom is -0.388 e. The molecule has 2 rings (SSSR count). The Labute approximate surface area is 96.1 Å². The van der Waals surface area contributed by atoms with Crippen LogP contribution in [0, 0.1) is 5.92 Å². The Morgan fingerprint density at radius 1 is 1.20 bits per heavy atom. The van der Waals surface area contributed by atoms with Crippen molar-refractivity contribution in [1.82, 2.24) is 0 Å². The normalized spacial score (nSPS) is 19.3. The van der Waals surface area contributed by atoms with E-state index in [0.717, 1.165) is 22.9 Å². The summed E-state index contributed by atoms with van der Waals surface area (Å²) >= 11 is 5.81. The van der Waals surface area contributed by atoms with Gasteiger partial charge >= 0.3 is 0 Å².